The molecular weight excluding hydrogens is 794 g/mol. The van der Waals surface area contributed by atoms with E-state index in [9.17, 15) is 29.3 Å². The minimum atomic E-state index is -4.43. The summed E-state index contributed by atoms with van der Waals surface area (Å²) in [5.41, 5.74) is 5.34. The molecule has 0 aromatic rings. The number of carbonyl (C=O) groups excluding carboxylic acids is 2. The largest absolute Gasteiger partial charge is 0.472 e. The Labute approximate surface area is 369 Å². The molecule has 61 heavy (non-hydrogen) atoms. The molecule has 348 valence electrons. The van der Waals surface area contributed by atoms with Crippen LogP contribution in [0.4, 0.5) is 0 Å². The number of aliphatic hydroxyl groups is 2. The molecule has 0 saturated carbocycles. The van der Waals surface area contributed by atoms with E-state index in [0.717, 1.165) is 38.5 Å². The quantitative estimate of drug-likeness (QED) is 0.0151. The van der Waals surface area contributed by atoms with Crippen LogP contribution in [0.15, 0.2) is 97.2 Å². The molecule has 5 N–H and O–H groups in total. The highest BCUT2D eigenvalue weighted by Crippen LogP contribution is 2.43. The molecule has 1 unspecified atom stereocenters. The molecule has 0 aliphatic rings. The minimum absolute atomic E-state index is 0.0181. The number of allylic oxidation sites excluding steroid dienone is 12. The Kier molecular flexibility index (Phi) is 41.3. The highest BCUT2D eigenvalue weighted by atomic mass is 31.2. The van der Waals surface area contributed by atoms with Crippen molar-refractivity contribution in [3.63, 3.8) is 0 Å². The van der Waals surface area contributed by atoms with Crippen molar-refractivity contribution in [1.82, 2.24) is 0 Å². The van der Waals surface area contributed by atoms with E-state index in [4.69, 9.17) is 24.3 Å². The first kappa shape index (κ1) is 57.9. The Morgan fingerprint density at radius 3 is 1.85 bits per heavy atom. The van der Waals surface area contributed by atoms with Crippen LogP contribution in [-0.4, -0.2) is 71.7 Å². The second kappa shape index (κ2) is 43.5. The van der Waals surface area contributed by atoms with Crippen LogP contribution in [0.5, 0.6) is 0 Å². The SMILES string of the molecule is CC/C=C\C[C@@H](O)/C=C/C=C\C/C=C\C=C\[C@@H](O)/C=C\CCCC(=O)OC[C@H](COP(=O)(O)OCCN)OC(=O)CCCCCCCCCCC/C=C\C/C=C\CCCCC. The molecule has 11 nitrogen and oxygen atoms in total. The van der Waals surface area contributed by atoms with Crippen LogP contribution < -0.4 is 5.73 Å². The van der Waals surface area contributed by atoms with Gasteiger partial charge in [0.15, 0.2) is 6.10 Å². The predicted molar refractivity (Wildman–Crippen MR) is 250 cm³/mol. The highest BCUT2D eigenvalue weighted by molar-refractivity contribution is 7.47. The van der Waals surface area contributed by atoms with Crippen molar-refractivity contribution in [2.24, 2.45) is 5.73 Å². The van der Waals surface area contributed by atoms with E-state index < -0.39 is 44.7 Å². The van der Waals surface area contributed by atoms with Crippen molar-refractivity contribution in [2.45, 2.75) is 173 Å². The second-order valence-corrected chi connectivity index (χ2v) is 16.4. The molecule has 0 aromatic carbocycles. The maximum absolute atomic E-state index is 12.6. The fraction of sp³-hybridized carbons (Fsp3) is 0.633. The molecule has 0 amide bonds. The van der Waals surface area contributed by atoms with Crippen molar-refractivity contribution in [3.8, 4) is 0 Å². The number of ether oxygens (including phenoxy) is 2. The number of hydrogen-bond donors (Lipinski definition) is 4. The van der Waals surface area contributed by atoms with E-state index in [1.165, 1.54) is 57.8 Å². The van der Waals surface area contributed by atoms with Crippen molar-refractivity contribution in [3.05, 3.63) is 97.2 Å². The molecule has 0 rings (SSSR count). The molecule has 0 aromatic heterocycles. The van der Waals surface area contributed by atoms with Crippen LogP contribution in [0.1, 0.15) is 155 Å². The number of hydrogen-bond acceptors (Lipinski definition) is 10. The summed E-state index contributed by atoms with van der Waals surface area (Å²) in [7, 11) is -4.43. The van der Waals surface area contributed by atoms with Gasteiger partial charge in [0, 0.05) is 19.4 Å². The second-order valence-electron chi connectivity index (χ2n) is 14.9. The van der Waals surface area contributed by atoms with Gasteiger partial charge in [-0.05, 0) is 70.6 Å². The summed E-state index contributed by atoms with van der Waals surface area (Å²) in [6, 6.07) is 0. The Bertz CT molecular complexity index is 1350. The molecular formula is C49H82NO10P. The maximum Gasteiger partial charge on any atom is 0.472 e. The molecule has 0 heterocycles. The smallest absolute Gasteiger partial charge is 0.462 e. The lowest BCUT2D eigenvalue weighted by Gasteiger charge is -2.19. The minimum Gasteiger partial charge on any atom is -0.462 e. The molecule has 0 aliphatic carbocycles. The van der Waals surface area contributed by atoms with Gasteiger partial charge >= 0.3 is 19.8 Å². The zero-order chi connectivity index (χ0) is 44.9. The number of unbranched alkanes of at least 4 members (excludes halogenated alkanes) is 13. The Balaban J connectivity index is 4.38. The van der Waals surface area contributed by atoms with Crippen molar-refractivity contribution in [1.29, 1.82) is 0 Å². The molecule has 0 saturated heterocycles. The number of aliphatic hydroxyl groups excluding tert-OH is 2. The van der Waals surface area contributed by atoms with Crippen LogP contribution in [0.2, 0.25) is 0 Å². The summed E-state index contributed by atoms with van der Waals surface area (Å²) in [4.78, 5) is 34.9. The standard InChI is InChI=1S/C49H82NO10P/c1-3-5-7-8-9-10-11-12-13-14-15-16-17-18-19-20-24-27-33-40-49(54)60-47(44-59-61(55,56)58-42-41-50)43-57-48(53)39-34-28-32-38-46(52)37-31-26-23-21-22-25-30-36-45(51)35-29-6-4-2/h6,9-10,12-13,22-23,25-26,29-32,36-38,45-47,51-52H,3-5,7-8,11,14-21,24,27-28,33-35,39-44,50H2,1-2H3,(H,55,56)/b10-9-,13-12-,25-22-,26-23-,29-6-,36-30+,37-31+,38-32-/t45-,46-,47-/m1/s1. The van der Waals surface area contributed by atoms with Crippen LogP contribution in [0.3, 0.4) is 0 Å². The van der Waals surface area contributed by atoms with E-state index in [2.05, 4.69) is 38.2 Å². The summed E-state index contributed by atoms with van der Waals surface area (Å²) in [6.07, 6.45) is 49.4. The van der Waals surface area contributed by atoms with E-state index in [0.29, 0.717) is 32.1 Å². The van der Waals surface area contributed by atoms with Gasteiger partial charge in [-0.1, -0.05) is 169 Å². The number of esters is 2. The van der Waals surface area contributed by atoms with Gasteiger partial charge in [-0.3, -0.25) is 18.6 Å². The molecule has 4 atom stereocenters. The Morgan fingerprint density at radius 1 is 0.607 bits per heavy atom. The topological polar surface area (TPSA) is 175 Å². The Morgan fingerprint density at radius 2 is 1.20 bits per heavy atom. The number of phosphoric ester groups is 1. The first-order chi connectivity index (χ1) is 29.6. The molecule has 0 spiro atoms. The van der Waals surface area contributed by atoms with Gasteiger partial charge in [0.25, 0.3) is 0 Å². The zero-order valence-electron chi connectivity index (χ0n) is 37.6. The van der Waals surface area contributed by atoms with Crippen molar-refractivity contribution < 1.29 is 47.8 Å². The molecule has 0 fully saturated rings. The normalized spacial score (nSPS) is 15.2. The summed E-state index contributed by atoms with van der Waals surface area (Å²) in [5.74, 6) is -1.02. The van der Waals surface area contributed by atoms with Crippen LogP contribution in [0.25, 0.3) is 0 Å². The molecule has 0 radical (unpaired) electrons. The third-order valence-corrected chi connectivity index (χ3v) is 10.1. The van der Waals surface area contributed by atoms with Crippen molar-refractivity contribution in [2.75, 3.05) is 26.4 Å². The summed E-state index contributed by atoms with van der Waals surface area (Å²) in [6.45, 7) is 3.28. The first-order valence-corrected chi connectivity index (χ1v) is 24.4. The summed E-state index contributed by atoms with van der Waals surface area (Å²) in [5, 5.41) is 20.0. The number of phosphoric acid groups is 1. The van der Waals surface area contributed by atoms with E-state index in [1.54, 1.807) is 30.4 Å². The van der Waals surface area contributed by atoms with E-state index >= 15 is 0 Å². The van der Waals surface area contributed by atoms with Gasteiger partial charge in [0.05, 0.1) is 25.4 Å². The fourth-order valence-electron chi connectivity index (χ4n) is 5.70. The molecule has 0 aliphatic heterocycles. The van der Waals surface area contributed by atoms with Crippen molar-refractivity contribution >= 4 is 19.8 Å². The van der Waals surface area contributed by atoms with Gasteiger partial charge < -0.3 is 30.3 Å². The lowest BCUT2D eigenvalue weighted by atomic mass is 10.1. The van der Waals surface area contributed by atoms with Crippen LogP contribution in [0, 0.1) is 0 Å². The molecule has 0 bridgehead atoms. The van der Waals surface area contributed by atoms with E-state index in [-0.39, 0.29) is 32.6 Å². The van der Waals surface area contributed by atoms with Crippen LogP contribution in [-0.2, 0) is 32.7 Å². The zero-order valence-corrected chi connectivity index (χ0v) is 38.5. The average Bonchev–Trinajstić information content (AvgIpc) is 3.24. The van der Waals surface area contributed by atoms with Gasteiger partial charge in [0.1, 0.15) is 6.61 Å². The number of rotatable bonds is 41. The average molecular weight is 876 g/mol. The third-order valence-electron chi connectivity index (χ3n) is 9.13. The molecule has 12 heteroatoms. The van der Waals surface area contributed by atoms with E-state index in [1.807, 2.05) is 42.5 Å². The maximum atomic E-state index is 12.6. The van der Waals surface area contributed by atoms with Gasteiger partial charge in [-0.2, -0.15) is 0 Å². The number of carbonyl (C=O) groups is 2. The van der Waals surface area contributed by atoms with Gasteiger partial charge in [-0.15, -0.1) is 0 Å². The van der Waals surface area contributed by atoms with Crippen LogP contribution >= 0.6 is 7.82 Å². The predicted octanol–water partition coefficient (Wildman–Crippen LogP) is 11.3. The third kappa shape index (κ3) is 43.3. The first-order valence-electron chi connectivity index (χ1n) is 22.9. The summed E-state index contributed by atoms with van der Waals surface area (Å²) < 4.78 is 32.7. The monoisotopic (exact) mass is 876 g/mol. The van der Waals surface area contributed by atoms with Gasteiger partial charge in [0.2, 0.25) is 0 Å². The Hall–Kier alpha value is -3.15. The summed E-state index contributed by atoms with van der Waals surface area (Å²) >= 11 is 0. The number of nitrogens with two attached hydrogens (primary N) is 1. The lowest BCUT2D eigenvalue weighted by molar-refractivity contribution is -0.161. The fourth-order valence-corrected chi connectivity index (χ4v) is 6.46. The lowest BCUT2D eigenvalue weighted by Crippen LogP contribution is -2.29. The van der Waals surface area contributed by atoms with Gasteiger partial charge in [-0.25, -0.2) is 4.57 Å². The highest BCUT2D eigenvalue weighted by Gasteiger charge is 2.26.